The highest BCUT2D eigenvalue weighted by Gasteiger charge is 2.21. The number of carbonyl (C=O) groups is 1. The molecule has 2 aromatic carbocycles. The Kier molecular flexibility index (Phi) is 7.36. The molecule has 1 heterocycles. The molecule has 32 heavy (non-hydrogen) atoms. The van der Waals surface area contributed by atoms with Crippen LogP contribution in [0.4, 0.5) is 0 Å². The van der Waals surface area contributed by atoms with E-state index in [1.54, 1.807) is 0 Å². The van der Waals surface area contributed by atoms with Crippen LogP contribution < -0.4 is 10.1 Å². The molecule has 3 aromatic rings. The van der Waals surface area contributed by atoms with Crippen molar-refractivity contribution in [3.05, 3.63) is 58.4 Å². The number of aromatic nitrogens is 2. The molecule has 1 N–H and O–H groups in total. The van der Waals surface area contributed by atoms with Gasteiger partial charge in [-0.15, -0.1) is 0 Å². The smallest absolute Gasteiger partial charge is 0.223 e. The van der Waals surface area contributed by atoms with Crippen LogP contribution in [0, 0.1) is 19.8 Å². The summed E-state index contributed by atoms with van der Waals surface area (Å²) in [5, 5.41) is 3.93. The van der Waals surface area contributed by atoms with E-state index < -0.39 is 0 Å². The molecule has 1 aromatic heterocycles. The van der Waals surface area contributed by atoms with E-state index in [-0.39, 0.29) is 11.8 Å². The van der Waals surface area contributed by atoms with Gasteiger partial charge < -0.3 is 14.6 Å². The average Bonchev–Trinajstić information content (AvgIpc) is 3.16. The van der Waals surface area contributed by atoms with E-state index in [2.05, 4.69) is 16.0 Å². The van der Waals surface area contributed by atoms with Gasteiger partial charge in [0.05, 0.1) is 24.2 Å². The Morgan fingerprint density at radius 1 is 1.16 bits per heavy atom. The SMILES string of the molecule is Cc1cc(OCCCn2c(CNC(=O)C3CCCCC3)nc3ccccc32)cc(C)c1Cl. The largest absolute Gasteiger partial charge is 0.494 e. The number of nitrogens with zero attached hydrogens (tertiary/aromatic N) is 2. The van der Waals surface area contributed by atoms with Gasteiger partial charge in [0.1, 0.15) is 11.6 Å². The average molecular weight is 454 g/mol. The summed E-state index contributed by atoms with van der Waals surface area (Å²) < 4.78 is 8.19. The number of hydrogen-bond acceptors (Lipinski definition) is 3. The highest BCUT2D eigenvalue weighted by Crippen LogP contribution is 2.26. The van der Waals surface area contributed by atoms with Crippen molar-refractivity contribution in [2.24, 2.45) is 5.92 Å². The lowest BCUT2D eigenvalue weighted by Crippen LogP contribution is -2.32. The van der Waals surface area contributed by atoms with Crippen LogP contribution in [-0.2, 0) is 17.9 Å². The number of hydrogen-bond donors (Lipinski definition) is 1. The predicted molar refractivity (Wildman–Crippen MR) is 129 cm³/mol. The molecule has 0 atom stereocenters. The molecule has 1 aliphatic rings. The molecular formula is C26H32ClN3O2. The number of imidazole rings is 1. The third-order valence-corrected chi connectivity index (χ3v) is 6.93. The first-order valence-corrected chi connectivity index (χ1v) is 12.0. The highest BCUT2D eigenvalue weighted by atomic mass is 35.5. The second kappa shape index (κ2) is 10.4. The van der Waals surface area contributed by atoms with E-state index in [0.29, 0.717) is 13.2 Å². The molecule has 4 rings (SSSR count). The zero-order chi connectivity index (χ0) is 22.5. The van der Waals surface area contributed by atoms with Gasteiger partial charge in [-0.2, -0.15) is 0 Å². The topological polar surface area (TPSA) is 56.1 Å². The Morgan fingerprint density at radius 2 is 1.88 bits per heavy atom. The zero-order valence-electron chi connectivity index (χ0n) is 19.0. The number of halogens is 1. The van der Waals surface area contributed by atoms with E-state index in [1.807, 2.05) is 44.2 Å². The van der Waals surface area contributed by atoms with E-state index in [4.69, 9.17) is 21.3 Å². The molecule has 1 aliphatic carbocycles. The zero-order valence-corrected chi connectivity index (χ0v) is 19.8. The Balaban J connectivity index is 1.39. The van der Waals surface area contributed by atoms with Crippen LogP contribution >= 0.6 is 11.6 Å². The molecule has 0 bridgehead atoms. The molecule has 1 saturated carbocycles. The van der Waals surface area contributed by atoms with Gasteiger partial charge >= 0.3 is 0 Å². The van der Waals surface area contributed by atoms with Gasteiger partial charge in [0.15, 0.2) is 0 Å². The van der Waals surface area contributed by atoms with Crippen LogP contribution in [0.2, 0.25) is 5.02 Å². The van der Waals surface area contributed by atoms with Crippen molar-refractivity contribution in [2.75, 3.05) is 6.61 Å². The first-order chi connectivity index (χ1) is 15.5. The Morgan fingerprint density at radius 3 is 2.62 bits per heavy atom. The van der Waals surface area contributed by atoms with Gasteiger partial charge in [-0.05, 0) is 68.5 Å². The van der Waals surface area contributed by atoms with Crippen LogP contribution in [0.15, 0.2) is 36.4 Å². The second-order valence-corrected chi connectivity index (χ2v) is 9.17. The standard InChI is InChI=1S/C26H32ClN3O2/c1-18-15-21(16-19(2)25(18)27)32-14-8-13-30-23-12-7-6-11-22(23)29-24(30)17-28-26(31)20-9-4-3-5-10-20/h6-7,11-12,15-16,20H,3-5,8-10,13-14,17H2,1-2H3,(H,28,31). The molecule has 1 amide bonds. The Hall–Kier alpha value is -2.53. The second-order valence-electron chi connectivity index (χ2n) is 8.79. The molecule has 6 heteroatoms. The summed E-state index contributed by atoms with van der Waals surface area (Å²) in [5.74, 6) is 2.06. The molecule has 5 nitrogen and oxygen atoms in total. The fourth-order valence-electron chi connectivity index (χ4n) is 4.59. The number of para-hydroxylation sites is 2. The van der Waals surface area contributed by atoms with E-state index in [9.17, 15) is 4.79 Å². The van der Waals surface area contributed by atoms with Gasteiger partial charge in [0, 0.05) is 17.5 Å². The van der Waals surface area contributed by atoms with Crippen molar-refractivity contribution in [1.29, 1.82) is 0 Å². The normalized spacial score (nSPS) is 14.6. The van der Waals surface area contributed by atoms with Gasteiger partial charge in [-0.3, -0.25) is 4.79 Å². The number of nitrogens with one attached hydrogen (secondary N) is 1. The van der Waals surface area contributed by atoms with Crippen LogP contribution in [0.1, 0.15) is 55.5 Å². The number of ether oxygens (including phenoxy) is 1. The predicted octanol–water partition coefficient (Wildman–Crippen LogP) is 5.97. The monoisotopic (exact) mass is 453 g/mol. The first-order valence-electron chi connectivity index (χ1n) is 11.6. The quantitative estimate of drug-likeness (QED) is 0.427. The van der Waals surface area contributed by atoms with Crippen molar-refractivity contribution < 1.29 is 9.53 Å². The lowest BCUT2D eigenvalue weighted by atomic mass is 9.89. The highest BCUT2D eigenvalue weighted by molar-refractivity contribution is 6.32. The van der Waals surface area contributed by atoms with Crippen molar-refractivity contribution in [3.63, 3.8) is 0 Å². The number of benzene rings is 2. The van der Waals surface area contributed by atoms with Gasteiger partial charge in [0.2, 0.25) is 5.91 Å². The summed E-state index contributed by atoms with van der Waals surface area (Å²) in [6.07, 6.45) is 6.40. The summed E-state index contributed by atoms with van der Waals surface area (Å²) in [5.41, 5.74) is 4.10. The van der Waals surface area contributed by atoms with E-state index in [1.165, 1.54) is 6.42 Å². The summed E-state index contributed by atoms with van der Waals surface area (Å²) in [4.78, 5) is 17.4. The molecule has 0 unspecified atom stereocenters. The number of carbonyl (C=O) groups excluding carboxylic acids is 1. The summed E-state index contributed by atoms with van der Waals surface area (Å²) >= 11 is 6.26. The third-order valence-electron chi connectivity index (χ3n) is 6.34. The third kappa shape index (κ3) is 5.26. The lowest BCUT2D eigenvalue weighted by Gasteiger charge is -2.20. The van der Waals surface area contributed by atoms with Gasteiger partial charge in [-0.25, -0.2) is 4.98 Å². The fourth-order valence-corrected chi connectivity index (χ4v) is 4.70. The maximum absolute atomic E-state index is 12.6. The Labute approximate surface area is 195 Å². The van der Waals surface area contributed by atoms with Crippen LogP contribution in [0.3, 0.4) is 0 Å². The minimum absolute atomic E-state index is 0.154. The van der Waals surface area contributed by atoms with Crippen molar-refractivity contribution in [1.82, 2.24) is 14.9 Å². The maximum atomic E-state index is 12.6. The molecular weight excluding hydrogens is 422 g/mol. The summed E-state index contributed by atoms with van der Waals surface area (Å²) in [6, 6.07) is 12.1. The molecule has 0 aliphatic heterocycles. The molecule has 0 saturated heterocycles. The van der Waals surface area contributed by atoms with Crippen molar-refractivity contribution in [3.8, 4) is 5.75 Å². The first kappa shape index (κ1) is 22.7. The number of fused-ring (bicyclic) bond motifs is 1. The lowest BCUT2D eigenvalue weighted by molar-refractivity contribution is -0.126. The maximum Gasteiger partial charge on any atom is 0.223 e. The Bertz CT molecular complexity index is 1060. The molecule has 170 valence electrons. The van der Waals surface area contributed by atoms with Crippen LogP contribution in [0.5, 0.6) is 5.75 Å². The number of amides is 1. The summed E-state index contributed by atoms with van der Waals surface area (Å²) in [6.45, 7) is 5.82. The van der Waals surface area contributed by atoms with Gasteiger partial charge in [0.25, 0.3) is 0 Å². The van der Waals surface area contributed by atoms with Crippen LogP contribution in [-0.4, -0.2) is 22.1 Å². The van der Waals surface area contributed by atoms with Crippen molar-refractivity contribution >= 4 is 28.5 Å². The van der Waals surface area contributed by atoms with E-state index in [0.717, 1.165) is 77.4 Å². The van der Waals surface area contributed by atoms with E-state index >= 15 is 0 Å². The minimum atomic E-state index is 0.154. The number of rotatable bonds is 8. The summed E-state index contributed by atoms with van der Waals surface area (Å²) in [7, 11) is 0. The van der Waals surface area contributed by atoms with Crippen molar-refractivity contribution in [2.45, 2.75) is 65.5 Å². The van der Waals surface area contributed by atoms with Gasteiger partial charge in [-0.1, -0.05) is 43.0 Å². The number of aryl methyl sites for hydroxylation is 3. The fraction of sp³-hybridized carbons (Fsp3) is 0.462. The van der Waals surface area contributed by atoms with Crippen LogP contribution in [0.25, 0.3) is 11.0 Å². The minimum Gasteiger partial charge on any atom is -0.494 e. The molecule has 0 spiro atoms. The molecule has 0 radical (unpaired) electrons. The molecule has 1 fully saturated rings.